The van der Waals surface area contributed by atoms with Gasteiger partial charge in [-0.2, -0.15) is 0 Å². The van der Waals surface area contributed by atoms with Gasteiger partial charge in [-0.3, -0.25) is 0 Å². The molecule has 3 heterocycles. The average Bonchev–Trinajstić information content (AvgIpc) is 3.69. The second-order valence-corrected chi connectivity index (χ2v) is 9.50. The van der Waals surface area contributed by atoms with Gasteiger partial charge in [0.25, 0.3) is 0 Å². The first-order valence-corrected chi connectivity index (χ1v) is 13.6. The zero-order valence-electron chi connectivity index (χ0n) is 21.7. The molecule has 1 fully saturated rings. The maximum Gasteiger partial charge on any atom is 0.213 e. The number of epoxide rings is 1. The van der Waals surface area contributed by atoms with Crippen molar-refractivity contribution < 1.29 is 14.2 Å². The Labute approximate surface area is 215 Å². The number of pyridine rings is 1. The van der Waals surface area contributed by atoms with Crippen LogP contribution in [0.2, 0.25) is 0 Å². The molecular weight excluding hydrogens is 450 g/mol. The third kappa shape index (κ3) is 8.02. The Kier molecular flexibility index (Phi) is 10.1. The summed E-state index contributed by atoms with van der Waals surface area (Å²) in [7, 11) is 0. The lowest BCUT2D eigenvalue weighted by molar-refractivity contribution is 0.259. The van der Waals surface area contributed by atoms with Crippen molar-refractivity contribution in [2.75, 3.05) is 13.2 Å². The van der Waals surface area contributed by atoms with E-state index in [2.05, 4.69) is 29.0 Å². The fourth-order valence-corrected chi connectivity index (χ4v) is 4.20. The number of ether oxygens (including phenoxy) is 3. The van der Waals surface area contributed by atoms with Crippen LogP contribution < -0.4 is 9.47 Å². The number of benzene rings is 1. The van der Waals surface area contributed by atoms with E-state index in [4.69, 9.17) is 14.2 Å². The summed E-state index contributed by atoms with van der Waals surface area (Å²) in [5.41, 5.74) is 3.53. The second kappa shape index (κ2) is 13.9. The first-order chi connectivity index (χ1) is 17.8. The van der Waals surface area contributed by atoms with Gasteiger partial charge in [0.1, 0.15) is 18.5 Å². The summed E-state index contributed by atoms with van der Waals surface area (Å²) >= 11 is 0. The first kappa shape index (κ1) is 26.1. The van der Waals surface area contributed by atoms with Crippen LogP contribution in [0, 0.1) is 0 Å². The van der Waals surface area contributed by atoms with Crippen molar-refractivity contribution in [2.24, 2.45) is 0 Å². The number of hydrogen-bond donors (Lipinski definition) is 0. The molecule has 1 aromatic carbocycles. The number of nitrogens with zero attached hydrogens (tertiary/aromatic N) is 3. The lowest BCUT2D eigenvalue weighted by Gasteiger charge is -2.07. The number of hydrogen-bond acceptors (Lipinski definition) is 6. The Balaban J connectivity index is 1.22. The standard InChI is InChI=1S/C30H39N3O3/c1-3-5-7-8-9-10-20-34-30-19-14-24(21-31-30)27-18-17-26(32-33-27)23-12-15-25(16-13-23)35-22-29-28(36-29)11-6-4-2/h12-19,21,28-29H,3-11,20,22H2,1-2H3/t28-,29-/m0/s1. The fourth-order valence-electron chi connectivity index (χ4n) is 4.20. The van der Waals surface area contributed by atoms with E-state index < -0.39 is 0 Å². The van der Waals surface area contributed by atoms with E-state index in [1.54, 1.807) is 6.20 Å². The van der Waals surface area contributed by atoms with Crippen LogP contribution in [0.1, 0.15) is 71.6 Å². The van der Waals surface area contributed by atoms with Crippen LogP contribution in [-0.4, -0.2) is 40.6 Å². The fraction of sp³-hybridized carbons (Fsp3) is 0.500. The van der Waals surface area contributed by atoms with Gasteiger partial charge in [0.15, 0.2) is 0 Å². The van der Waals surface area contributed by atoms with Gasteiger partial charge in [0.05, 0.1) is 24.1 Å². The Morgan fingerprint density at radius 2 is 1.39 bits per heavy atom. The highest BCUT2D eigenvalue weighted by molar-refractivity contribution is 5.63. The molecule has 0 N–H and O–H groups in total. The summed E-state index contributed by atoms with van der Waals surface area (Å²) in [5.74, 6) is 1.50. The summed E-state index contributed by atoms with van der Waals surface area (Å²) < 4.78 is 17.3. The van der Waals surface area contributed by atoms with Gasteiger partial charge in [-0.1, -0.05) is 58.8 Å². The predicted molar refractivity (Wildman–Crippen MR) is 143 cm³/mol. The van der Waals surface area contributed by atoms with Crippen LogP contribution in [-0.2, 0) is 4.74 Å². The maximum absolute atomic E-state index is 5.89. The van der Waals surface area contributed by atoms with Gasteiger partial charge in [0, 0.05) is 23.4 Å². The van der Waals surface area contributed by atoms with Gasteiger partial charge < -0.3 is 14.2 Å². The number of unbranched alkanes of at least 4 members (excludes halogenated alkanes) is 6. The molecule has 6 nitrogen and oxygen atoms in total. The van der Waals surface area contributed by atoms with Gasteiger partial charge in [-0.15, -0.1) is 10.2 Å². The topological polar surface area (TPSA) is 69.7 Å². The normalized spacial score (nSPS) is 16.6. The SMILES string of the molecule is CCCCCCCCOc1ccc(-c2ccc(-c3ccc(OC[C@@H]4O[C@H]4CCCC)cc3)nn2)cn1. The van der Waals surface area contributed by atoms with Crippen LogP contribution in [0.15, 0.2) is 54.7 Å². The van der Waals surface area contributed by atoms with Crippen molar-refractivity contribution in [1.29, 1.82) is 0 Å². The van der Waals surface area contributed by atoms with Crippen LogP contribution in [0.5, 0.6) is 11.6 Å². The van der Waals surface area contributed by atoms with E-state index >= 15 is 0 Å². The molecule has 1 aliphatic heterocycles. The Hall–Kier alpha value is -2.99. The molecule has 0 spiro atoms. The minimum atomic E-state index is 0.241. The molecule has 1 aliphatic rings. The van der Waals surface area contributed by atoms with Crippen molar-refractivity contribution in [1.82, 2.24) is 15.2 Å². The van der Waals surface area contributed by atoms with Gasteiger partial charge in [0.2, 0.25) is 5.88 Å². The summed E-state index contributed by atoms with van der Waals surface area (Å²) in [4.78, 5) is 4.43. The predicted octanol–water partition coefficient (Wildman–Crippen LogP) is 7.28. The summed E-state index contributed by atoms with van der Waals surface area (Å²) in [6.45, 7) is 5.77. The molecule has 4 rings (SSSR count). The zero-order valence-corrected chi connectivity index (χ0v) is 21.7. The van der Waals surface area contributed by atoms with Crippen molar-refractivity contribution in [3.05, 3.63) is 54.7 Å². The minimum Gasteiger partial charge on any atom is -0.491 e. The molecule has 2 atom stereocenters. The lowest BCUT2D eigenvalue weighted by Crippen LogP contribution is -2.07. The number of aromatic nitrogens is 3. The summed E-state index contributed by atoms with van der Waals surface area (Å²) in [6.07, 6.45) is 13.4. The molecule has 0 radical (unpaired) electrons. The smallest absolute Gasteiger partial charge is 0.213 e. The highest BCUT2D eigenvalue weighted by atomic mass is 16.6. The molecule has 0 bridgehead atoms. The average molecular weight is 490 g/mol. The molecule has 2 aromatic heterocycles. The summed E-state index contributed by atoms with van der Waals surface area (Å²) in [5, 5.41) is 8.83. The van der Waals surface area contributed by atoms with E-state index in [9.17, 15) is 0 Å². The Bertz CT molecular complexity index is 1020. The van der Waals surface area contributed by atoms with Crippen LogP contribution in [0.25, 0.3) is 22.5 Å². The largest absolute Gasteiger partial charge is 0.491 e. The molecule has 36 heavy (non-hydrogen) atoms. The van der Waals surface area contributed by atoms with Gasteiger partial charge in [-0.05, 0) is 55.3 Å². The van der Waals surface area contributed by atoms with Gasteiger partial charge in [-0.25, -0.2) is 4.98 Å². The highest BCUT2D eigenvalue weighted by Crippen LogP contribution is 2.29. The van der Waals surface area contributed by atoms with E-state index in [-0.39, 0.29) is 6.10 Å². The second-order valence-electron chi connectivity index (χ2n) is 9.50. The molecule has 0 aliphatic carbocycles. The zero-order chi connectivity index (χ0) is 25.0. The minimum absolute atomic E-state index is 0.241. The number of rotatable bonds is 16. The van der Waals surface area contributed by atoms with Crippen LogP contribution >= 0.6 is 0 Å². The van der Waals surface area contributed by atoms with E-state index in [0.717, 1.165) is 41.1 Å². The van der Waals surface area contributed by atoms with E-state index in [1.807, 2.05) is 48.5 Å². The summed E-state index contributed by atoms with van der Waals surface area (Å²) in [6, 6.07) is 15.8. The van der Waals surface area contributed by atoms with Crippen molar-refractivity contribution >= 4 is 0 Å². The maximum atomic E-state index is 5.89. The molecule has 192 valence electrons. The molecule has 0 amide bonds. The quantitative estimate of drug-likeness (QED) is 0.155. The molecule has 0 unspecified atom stereocenters. The third-order valence-corrected chi connectivity index (χ3v) is 6.54. The van der Waals surface area contributed by atoms with Crippen LogP contribution in [0.3, 0.4) is 0 Å². The Morgan fingerprint density at radius 3 is 2.08 bits per heavy atom. The molecule has 6 heteroatoms. The van der Waals surface area contributed by atoms with Gasteiger partial charge >= 0.3 is 0 Å². The molecule has 3 aromatic rings. The van der Waals surface area contributed by atoms with Crippen molar-refractivity contribution in [3.8, 4) is 34.1 Å². The molecule has 1 saturated heterocycles. The van der Waals surface area contributed by atoms with Crippen molar-refractivity contribution in [3.63, 3.8) is 0 Å². The van der Waals surface area contributed by atoms with E-state index in [0.29, 0.717) is 25.2 Å². The van der Waals surface area contributed by atoms with Crippen molar-refractivity contribution in [2.45, 2.75) is 83.8 Å². The van der Waals surface area contributed by atoms with E-state index in [1.165, 1.54) is 44.9 Å². The lowest BCUT2D eigenvalue weighted by atomic mass is 10.1. The Morgan fingerprint density at radius 1 is 0.694 bits per heavy atom. The van der Waals surface area contributed by atoms with Crippen LogP contribution in [0.4, 0.5) is 0 Å². The highest BCUT2D eigenvalue weighted by Gasteiger charge is 2.38. The first-order valence-electron chi connectivity index (χ1n) is 13.6. The molecule has 0 saturated carbocycles. The third-order valence-electron chi connectivity index (χ3n) is 6.54. The monoisotopic (exact) mass is 489 g/mol. The molecular formula is C30H39N3O3.